The molecule has 0 saturated carbocycles. The lowest BCUT2D eigenvalue weighted by Gasteiger charge is -2.32. The molecule has 146 valence electrons. The summed E-state index contributed by atoms with van der Waals surface area (Å²) < 4.78 is 0. The van der Waals surface area contributed by atoms with Crippen LogP contribution in [-0.4, -0.2) is 40.7 Å². The Morgan fingerprint density at radius 1 is 1.00 bits per heavy atom. The molecule has 0 bridgehead atoms. The highest BCUT2D eigenvalue weighted by molar-refractivity contribution is 5.87. The summed E-state index contributed by atoms with van der Waals surface area (Å²) in [5, 5.41) is 23.4. The van der Waals surface area contributed by atoms with Crippen LogP contribution < -0.4 is 5.32 Å². The van der Waals surface area contributed by atoms with Gasteiger partial charge >= 0.3 is 0 Å². The molecule has 0 aromatic carbocycles. The first kappa shape index (κ1) is 22.1. The molecule has 1 saturated heterocycles. The van der Waals surface area contributed by atoms with Crippen molar-refractivity contribution in [3.63, 3.8) is 0 Å². The van der Waals surface area contributed by atoms with E-state index in [0.717, 1.165) is 25.7 Å². The Kier molecular flexibility index (Phi) is 8.55. The molecule has 0 aromatic heterocycles. The number of aliphatic hydroxyl groups is 2. The van der Waals surface area contributed by atoms with E-state index in [2.05, 4.69) is 12.2 Å². The van der Waals surface area contributed by atoms with Crippen molar-refractivity contribution >= 4 is 11.7 Å². The number of ketones is 1. The van der Waals surface area contributed by atoms with Crippen LogP contribution in [0, 0.1) is 23.2 Å². The molecule has 1 amide bonds. The second kappa shape index (κ2) is 9.67. The third-order valence-corrected chi connectivity index (χ3v) is 5.61. The molecule has 3 unspecified atom stereocenters. The van der Waals surface area contributed by atoms with Crippen molar-refractivity contribution < 1.29 is 19.8 Å². The van der Waals surface area contributed by atoms with Crippen LogP contribution in [0.3, 0.4) is 0 Å². The first-order valence-electron chi connectivity index (χ1n) is 9.71. The smallest absolute Gasteiger partial charge is 0.222 e. The summed E-state index contributed by atoms with van der Waals surface area (Å²) in [6.07, 6.45) is 2.70. The van der Waals surface area contributed by atoms with Gasteiger partial charge in [-0.15, -0.1) is 0 Å². The molecule has 0 aliphatic carbocycles. The summed E-state index contributed by atoms with van der Waals surface area (Å²) in [6, 6.07) is 0. The fourth-order valence-corrected chi connectivity index (χ4v) is 3.79. The zero-order valence-electron chi connectivity index (χ0n) is 16.5. The Morgan fingerprint density at radius 2 is 1.64 bits per heavy atom. The number of aliphatic hydroxyl groups excluding tert-OH is 2. The largest absolute Gasteiger partial charge is 0.393 e. The Morgan fingerprint density at radius 3 is 2.28 bits per heavy atom. The number of nitrogens with one attached hydrogen (secondary N) is 1. The molecule has 5 nitrogen and oxygen atoms in total. The van der Waals surface area contributed by atoms with Gasteiger partial charge in [-0.2, -0.15) is 0 Å². The minimum atomic E-state index is -0.994. The number of carbonyl (C=O) groups is 2. The van der Waals surface area contributed by atoms with Gasteiger partial charge in [0.05, 0.1) is 24.0 Å². The van der Waals surface area contributed by atoms with E-state index in [1.807, 2.05) is 13.8 Å². The molecule has 5 atom stereocenters. The fourth-order valence-electron chi connectivity index (χ4n) is 3.79. The predicted molar refractivity (Wildman–Crippen MR) is 99.0 cm³/mol. The van der Waals surface area contributed by atoms with Gasteiger partial charge in [0.25, 0.3) is 0 Å². The summed E-state index contributed by atoms with van der Waals surface area (Å²) in [6.45, 7) is 9.99. The van der Waals surface area contributed by atoms with Gasteiger partial charge in [0.15, 0.2) is 0 Å². The van der Waals surface area contributed by atoms with Gasteiger partial charge in [-0.1, -0.05) is 47.5 Å². The molecule has 0 spiro atoms. The number of amides is 1. The van der Waals surface area contributed by atoms with Gasteiger partial charge in [-0.05, 0) is 31.1 Å². The highest BCUT2D eigenvalue weighted by atomic mass is 16.3. The molecule has 1 aliphatic heterocycles. The van der Waals surface area contributed by atoms with Crippen LogP contribution >= 0.6 is 0 Å². The zero-order chi connectivity index (χ0) is 19.2. The highest BCUT2D eigenvalue weighted by Crippen LogP contribution is 2.31. The van der Waals surface area contributed by atoms with Crippen LogP contribution in [0.1, 0.15) is 73.1 Å². The van der Waals surface area contributed by atoms with Crippen molar-refractivity contribution in [1.29, 1.82) is 0 Å². The van der Waals surface area contributed by atoms with Crippen molar-refractivity contribution in [3.8, 4) is 0 Å². The standard InChI is InChI=1S/C20H37NO4/c1-13-7-6-8-16(22)10-14(2)12-21-18(24)11-17(23)20(4,5)19(25)15(3)9-13/h13-17,22-23H,6-12H2,1-5H3,(H,21,24)/t13?,14-,15?,16+,17?/m0/s1. The molecular formula is C20H37NO4. The summed E-state index contributed by atoms with van der Waals surface area (Å²) >= 11 is 0. The SMILES string of the molecule is CC1CCC[C@@H](O)C[C@H](C)CNC(=O)CC(O)C(C)(C)C(=O)C(C)C1. The summed E-state index contributed by atoms with van der Waals surface area (Å²) in [5.74, 6) is 0.187. The molecule has 3 N–H and O–H groups in total. The lowest BCUT2D eigenvalue weighted by molar-refractivity contribution is -0.139. The highest BCUT2D eigenvalue weighted by Gasteiger charge is 2.39. The van der Waals surface area contributed by atoms with E-state index in [0.29, 0.717) is 18.9 Å². The summed E-state index contributed by atoms with van der Waals surface area (Å²) in [7, 11) is 0. The lowest BCUT2D eigenvalue weighted by Crippen LogP contribution is -2.43. The van der Waals surface area contributed by atoms with E-state index in [1.54, 1.807) is 13.8 Å². The van der Waals surface area contributed by atoms with Crippen LogP contribution in [-0.2, 0) is 9.59 Å². The minimum absolute atomic E-state index is 0.0140. The minimum Gasteiger partial charge on any atom is -0.393 e. The Balaban J connectivity index is 2.86. The van der Waals surface area contributed by atoms with Crippen molar-refractivity contribution in [2.24, 2.45) is 23.2 Å². The molecule has 0 radical (unpaired) electrons. The number of hydrogen-bond acceptors (Lipinski definition) is 4. The molecule has 1 aliphatic rings. The van der Waals surface area contributed by atoms with Crippen molar-refractivity contribution in [2.75, 3.05) is 6.54 Å². The van der Waals surface area contributed by atoms with E-state index in [9.17, 15) is 19.8 Å². The first-order chi connectivity index (χ1) is 11.5. The van der Waals surface area contributed by atoms with E-state index < -0.39 is 11.5 Å². The number of Topliss-reactive ketones (excluding diaryl/α,β-unsaturated/α-hetero) is 1. The molecule has 25 heavy (non-hydrogen) atoms. The fraction of sp³-hybridized carbons (Fsp3) is 0.900. The Labute approximate surface area is 152 Å². The maximum atomic E-state index is 12.8. The van der Waals surface area contributed by atoms with Crippen LogP contribution in [0.5, 0.6) is 0 Å². The topological polar surface area (TPSA) is 86.6 Å². The van der Waals surface area contributed by atoms with Gasteiger partial charge < -0.3 is 15.5 Å². The first-order valence-corrected chi connectivity index (χ1v) is 9.71. The van der Waals surface area contributed by atoms with Crippen molar-refractivity contribution in [1.82, 2.24) is 5.32 Å². The second-order valence-corrected chi connectivity index (χ2v) is 8.78. The summed E-state index contributed by atoms with van der Waals surface area (Å²) in [4.78, 5) is 24.9. The average Bonchev–Trinajstić information content (AvgIpc) is 2.51. The van der Waals surface area contributed by atoms with Crippen LogP contribution in [0.2, 0.25) is 0 Å². The Hall–Kier alpha value is -0.940. The third-order valence-electron chi connectivity index (χ3n) is 5.61. The third kappa shape index (κ3) is 7.06. The van der Waals surface area contributed by atoms with Gasteiger partial charge in [0.2, 0.25) is 5.91 Å². The van der Waals surface area contributed by atoms with Crippen LogP contribution in [0.25, 0.3) is 0 Å². The zero-order valence-corrected chi connectivity index (χ0v) is 16.5. The van der Waals surface area contributed by atoms with E-state index >= 15 is 0 Å². The van der Waals surface area contributed by atoms with Crippen molar-refractivity contribution in [2.45, 2.75) is 85.4 Å². The van der Waals surface area contributed by atoms with Gasteiger partial charge in [-0.25, -0.2) is 0 Å². The molecule has 0 aromatic rings. The number of carbonyl (C=O) groups excluding carboxylic acids is 2. The van der Waals surface area contributed by atoms with Gasteiger partial charge in [-0.3, -0.25) is 9.59 Å². The molecule has 5 heteroatoms. The Bertz CT molecular complexity index is 449. The van der Waals surface area contributed by atoms with Crippen molar-refractivity contribution in [3.05, 3.63) is 0 Å². The lowest BCUT2D eigenvalue weighted by atomic mass is 9.74. The summed E-state index contributed by atoms with van der Waals surface area (Å²) in [5.41, 5.74) is -0.935. The number of hydrogen-bond donors (Lipinski definition) is 3. The molecule has 1 fully saturated rings. The van der Waals surface area contributed by atoms with Gasteiger partial charge in [0, 0.05) is 12.5 Å². The maximum absolute atomic E-state index is 12.8. The molecule has 1 heterocycles. The van der Waals surface area contributed by atoms with E-state index in [-0.39, 0.29) is 36.1 Å². The average molecular weight is 356 g/mol. The predicted octanol–water partition coefficient (Wildman–Crippen LogP) is 2.68. The van der Waals surface area contributed by atoms with Crippen LogP contribution in [0.15, 0.2) is 0 Å². The maximum Gasteiger partial charge on any atom is 0.222 e. The van der Waals surface area contributed by atoms with E-state index in [1.165, 1.54) is 0 Å². The molecular weight excluding hydrogens is 318 g/mol. The monoisotopic (exact) mass is 355 g/mol. The molecule has 1 rings (SSSR count). The second-order valence-electron chi connectivity index (χ2n) is 8.78. The quantitative estimate of drug-likeness (QED) is 0.623. The number of rotatable bonds is 0. The van der Waals surface area contributed by atoms with E-state index in [4.69, 9.17) is 0 Å². The van der Waals surface area contributed by atoms with Gasteiger partial charge in [0.1, 0.15) is 5.78 Å². The van der Waals surface area contributed by atoms with Crippen LogP contribution in [0.4, 0.5) is 0 Å². The normalized spacial score (nSPS) is 36.7.